The summed E-state index contributed by atoms with van der Waals surface area (Å²) in [6, 6.07) is 5.99. The van der Waals surface area contributed by atoms with Crippen molar-refractivity contribution in [3.63, 3.8) is 0 Å². The Morgan fingerprint density at radius 2 is 2.19 bits per heavy atom. The van der Waals surface area contributed by atoms with Crippen LogP contribution >= 0.6 is 0 Å². The topological polar surface area (TPSA) is 79.3 Å². The van der Waals surface area contributed by atoms with Gasteiger partial charge in [-0.15, -0.1) is 0 Å². The third kappa shape index (κ3) is 5.67. The van der Waals surface area contributed by atoms with Gasteiger partial charge in [-0.2, -0.15) is 0 Å². The van der Waals surface area contributed by atoms with Crippen molar-refractivity contribution < 1.29 is 28.6 Å². The standard InChI is InChI=1S/C18H25FN2O5/c1-3-15(26-16-7-5-4-6-14(16)19)18(24)21-8-9-25-13(11-21)10-20(2)12-17(22)23/h4-7,13,15H,3,8-12H2,1-2H3,(H,22,23). The molecule has 0 bridgehead atoms. The Balaban J connectivity index is 1.95. The van der Waals surface area contributed by atoms with Crippen molar-refractivity contribution in [2.75, 3.05) is 39.8 Å². The van der Waals surface area contributed by atoms with E-state index < -0.39 is 17.9 Å². The quantitative estimate of drug-likeness (QED) is 0.743. The number of rotatable bonds is 8. The maximum absolute atomic E-state index is 13.8. The van der Waals surface area contributed by atoms with Crippen LogP contribution in [0.4, 0.5) is 4.39 Å². The molecule has 7 nitrogen and oxygen atoms in total. The van der Waals surface area contributed by atoms with Gasteiger partial charge >= 0.3 is 5.97 Å². The summed E-state index contributed by atoms with van der Waals surface area (Å²) in [6.07, 6.45) is -0.640. The number of carboxylic acid groups (broad SMARTS) is 1. The number of aliphatic carboxylic acids is 1. The molecule has 26 heavy (non-hydrogen) atoms. The molecule has 1 fully saturated rings. The molecule has 0 aromatic heterocycles. The number of para-hydroxylation sites is 1. The Morgan fingerprint density at radius 3 is 2.85 bits per heavy atom. The SMILES string of the molecule is CCC(Oc1ccccc1F)C(=O)N1CCOC(CN(C)CC(=O)O)C1. The van der Waals surface area contributed by atoms with Gasteiger partial charge in [0.05, 0.1) is 19.3 Å². The molecular weight excluding hydrogens is 343 g/mol. The molecule has 1 amide bonds. The second kappa shape index (κ2) is 9.49. The van der Waals surface area contributed by atoms with Gasteiger partial charge in [0, 0.05) is 19.6 Å². The molecule has 1 aliphatic rings. The van der Waals surface area contributed by atoms with E-state index in [2.05, 4.69) is 0 Å². The van der Waals surface area contributed by atoms with E-state index in [-0.39, 0.29) is 24.3 Å². The number of morpholine rings is 1. The molecule has 1 N–H and O–H groups in total. The van der Waals surface area contributed by atoms with Crippen molar-refractivity contribution in [2.45, 2.75) is 25.6 Å². The fourth-order valence-corrected chi connectivity index (χ4v) is 2.88. The van der Waals surface area contributed by atoms with E-state index in [4.69, 9.17) is 14.6 Å². The Bertz CT molecular complexity index is 627. The number of likely N-dealkylation sites (N-methyl/N-ethyl adjacent to an activating group) is 1. The predicted octanol–water partition coefficient (Wildman–Crippen LogP) is 1.23. The molecule has 8 heteroatoms. The van der Waals surface area contributed by atoms with E-state index >= 15 is 0 Å². The fraction of sp³-hybridized carbons (Fsp3) is 0.556. The van der Waals surface area contributed by atoms with Gasteiger partial charge in [-0.25, -0.2) is 4.39 Å². The van der Waals surface area contributed by atoms with E-state index in [9.17, 15) is 14.0 Å². The highest BCUT2D eigenvalue weighted by Crippen LogP contribution is 2.19. The number of hydrogen-bond donors (Lipinski definition) is 1. The molecule has 0 spiro atoms. The first-order valence-corrected chi connectivity index (χ1v) is 8.62. The average Bonchev–Trinajstić information content (AvgIpc) is 2.60. The zero-order valence-electron chi connectivity index (χ0n) is 15.1. The van der Waals surface area contributed by atoms with Crippen molar-refractivity contribution in [3.8, 4) is 5.75 Å². The van der Waals surface area contributed by atoms with Gasteiger partial charge in [0.1, 0.15) is 0 Å². The van der Waals surface area contributed by atoms with Crippen LogP contribution in [0.15, 0.2) is 24.3 Å². The molecule has 1 aromatic carbocycles. The highest BCUT2D eigenvalue weighted by molar-refractivity contribution is 5.81. The fourth-order valence-electron chi connectivity index (χ4n) is 2.88. The molecular formula is C18H25FN2O5. The molecule has 0 saturated carbocycles. The smallest absolute Gasteiger partial charge is 0.317 e. The van der Waals surface area contributed by atoms with Crippen molar-refractivity contribution in [1.82, 2.24) is 9.80 Å². The predicted molar refractivity (Wildman–Crippen MR) is 92.6 cm³/mol. The lowest BCUT2D eigenvalue weighted by molar-refractivity contribution is -0.148. The monoisotopic (exact) mass is 368 g/mol. The summed E-state index contributed by atoms with van der Waals surface area (Å²) < 4.78 is 25.0. The molecule has 0 radical (unpaired) electrons. The summed E-state index contributed by atoms with van der Waals surface area (Å²) in [5.74, 6) is -1.59. The van der Waals surface area contributed by atoms with E-state index in [1.165, 1.54) is 12.1 Å². The second-order valence-corrected chi connectivity index (χ2v) is 6.31. The van der Waals surface area contributed by atoms with Crippen molar-refractivity contribution in [1.29, 1.82) is 0 Å². The largest absolute Gasteiger partial charge is 0.480 e. The minimum absolute atomic E-state index is 0.0544. The van der Waals surface area contributed by atoms with E-state index in [1.54, 1.807) is 29.0 Å². The highest BCUT2D eigenvalue weighted by Gasteiger charge is 2.30. The zero-order valence-corrected chi connectivity index (χ0v) is 15.1. The van der Waals surface area contributed by atoms with E-state index in [0.717, 1.165) is 0 Å². The van der Waals surface area contributed by atoms with E-state index in [0.29, 0.717) is 32.7 Å². The van der Waals surface area contributed by atoms with Crippen LogP contribution in [-0.4, -0.2) is 78.8 Å². The first-order chi connectivity index (χ1) is 12.4. The molecule has 0 aliphatic carbocycles. The summed E-state index contributed by atoms with van der Waals surface area (Å²) in [7, 11) is 1.69. The summed E-state index contributed by atoms with van der Waals surface area (Å²) in [4.78, 5) is 26.8. The summed E-state index contributed by atoms with van der Waals surface area (Å²) in [6.45, 7) is 3.26. The molecule has 1 saturated heterocycles. The normalized spacial score (nSPS) is 18.6. The Morgan fingerprint density at radius 1 is 1.46 bits per heavy atom. The number of benzene rings is 1. The third-order valence-corrected chi connectivity index (χ3v) is 4.12. The van der Waals surface area contributed by atoms with Crippen LogP contribution < -0.4 is 4.74 Å². The molecule has 1 heterocycles. The average molecular weight is 368 g/mol. The number of carboxylic acids is 1. The molecule has 1 aromatic rings. The first kappa shape index (κ1) is 20.1. The van der Waals surface area contributed by atoms with Gasteiger partial charge < -0.3 is 19.5 Å². The van der Waals surface area contributed by atoms with Crippen molar-refractivity contribution in [3.05, 3.63) is 30.1 Å². The van der Waals surface area contributed by atoms with Crippen LogP contribution in [-0.2, 0) is 14.3 Å². The summed E-state index contributed by atoms with van der Waals surface area (Å²) >= 11 is 0. The van der Waals surface area contributed by atoms with Crippen LogP contribution in [0.3, 0.4) is 0 Å². The van der Waals surface area contributed by atoms with Crippen LogP contribution in [0.1, 0.15) is 13.3 Å². The Labute approximate surface area is 152 Å². The lowest BCUT2D eigenvalue weighted by atomic mass is 10.2. The Hall–Kier alpha value is -2.19. The van der Waals surface area contributed by atoms with Crippen LogP contribution in [0.5, 0.6) is 5.75 Å². The number of nitrogens with zero attached hydrogens (tertiary/aromatic N) is 2. The van der Waals surface area contributed by atoms with Gasteiger partial charge in [-0.3, -0.25) is 14.5 Å². The first-order valence-electron chi connectivity index (χ1n) is 8.62. The third-order valence-electron chi connectivity index (χ3n) is 4.12. The maximum Gasteiger partial charge on any atom is 0.317 e. The second-order valence-electron chi connectivity index (χ2n) is 6.31. The number of carbonyl (C=O) groups excluding carboxylic acids is 1. The van der Waals surface area contributed by atoms with Gasteiger partial charge in [0.25, 0.3) is 5.91 Å². The lowest BCUT2D eigenvalue weighted by Gasteiger charge is -2.36. The lowest BCUT2D eigenvalue weighted by Crippen LogP contribution is -2.52. The highest BCUT2D eigenvalue weighted by atomic mass is 19.1. The number of ether oxygens (including phenoxy) is 2. The molecule has 144 valence electrons. The van der Waals surface area contributed by atoms with Gasteiger partial charge in [-0.05, 0) is 25.6 Å². The maximum atomic E-state index is 13.8. The number of halogens is 1. The number of hydrogen-bond acceptors (Lipinski definition) is 5. The summed E-state index contributed by atoms with van der Waals surface area (Å²) in [5.41, 5.74) is 0. The number of carbonyl (C=O) groups is 2. The number of amides is 1. The molecule has 2 unspecified atom stereocenters. The van der Waals surface area contributed by atoms with Crippen LogP contribution in [0.25, 0.3) is 0 Å². The van der Waals surface area contributed by atoms with Gasteiger partial charge in [0.2, 0.25) is 0 Å². The molecule has 1 aliphatic heterocycles. The minimum atomic E-state index is -0.916. The Kier molecular flexibility index (Phi) is 7.35. The van der Waals surface area contributed by atoms with Crippen LogP contribution in [0, 0.1) is 5.82 Å². The molecule has 2 atom stereocenters. The summed E-state index contributed by atoms with van der Waals surface area (Å²) in [5, 5.41) is 8.83. The van der Waals surface area contributed by atoms with Crippen molar-refractivity contribution >= 4 is 11.9 Å². The van der Waals surface area contributed by atoms with E-state index in [1.807, 2.05) is 6.92 Å². The molecule has 2 rings (SSSR count). The van der Waals surface area contributed by atoms with Crippen LogP contribution in [0.2, 0.25) is 0 Å². The van der Waals surface area contributed by atoms with Crippen molar-refractivity contribution in [2.24, 2.45) is 0 Å². The van der Waals surface area contributed by atoms with Gasteiger partial charge in [-0.1, -0.05) is 19.1 Å². The minimum Gasteiger partial charge on any atom is -0.480 e. The van der Waals surface area contributed by atoms with Gasteiger partial charge in [0.15, 0.2) is 17.7 Å². The zero-order chi connectivity index (χ0) is 19.1.